The average molecular weight is 354 g/mol. The third-order valence-electron chi connectivity index (χ3n) is 3.12. The van der Waals surface area contributed by atoms with Crippen LogP contribution in [0.25, 0.3) is 16.7 Å². The minimum absolute atomic E-state index is 0.316. The number of benzene rings is 2. The Morgan fingerprint density at radius 3 is 2.70 bits per heavy atom. The van der Waals surface area contributed by atoms with Crippen molar-refractivity contribution in [1.82, 2.24) is 9.55 Å². The lowest BCUT2D eigenvalue weighted by Gasteiger charge is -2.10. The van der Waals surface area contributed by atoms with Crippen molar-refractivity contribution in [3.63, 3.8) is 0 Å². The fourth-order valence-electron chi connectivity index (χ4n) is 2.27. The number of aryl methyl sites for hydroxylation is 1. The fraction of sp³-hybridized carbons (Fsp3) is 0.133. The van der Waals surface area contributed by atoms with Gasteiger partial charge in [-0.1, -0.05) is 18.2 Å². The molecule has 1 heterocycles. The predicted octanol–water partition coefficient (Wildman–Crippen LogP) is 4.71. The molecular weight excluding hydrogens is 343 g/mol. The van der Waals surface area contributed by atoms with Gasteiger partial charge >= 0.3 is 0 Å². The van der Waals surface area contributed by atoms with Gasteiger partial charge in [-0.3, -0.25) is 4.57 Å². The van der Waals surface area contributed by atoms with Gasteiger partial charge < -0.3 is 0 Å². The number of hydrogen-bond donors (Lipinski definition) is 0. The lowest BCUT2D eigenvalue weighted by molar-refractivity contribution is 0.637. The predicted molar refractivity (Wildman–Crippen MR) is 83.2 cm³/mol. The number of alkyl halides is 1. The first-order valence-electron chi connectivity index (χ1n) is 6.19. The minimum atomic E-state index is -0.316. The van der Waals surface area contributed by atoms with Crippen LogP contribution in [0.15, 0.2) is 46.9 Å². The first-order valence-corrected chi connectivity index (χ1v) is 7.52. The van der Waals surface area contributed by atoms with Crippen molar-refractivity contribution in [2.75, 3.05) is 5.88 Å². The number of aromatic nitrogens is 2. The molecule has 0 spiro atoms. The Morgan fingerprint density at radius 2 is 1.95 bits per heavy atom. The van der Waals surface area contributed by atoms with Gasteiger partial charge in [-0.15, -0.1) is 11.6 Å². The molecule has 0 radical (unpaired) electrons. The maximum absolute atomic E-state index is 13.9. The molecule has 2 aromatic carbocycles. The normalized spacial score (nSPS) is 11.2. The van der Waals surface area contributed by atoms with E-state index in [1.54, 1.807) is 6.07 Å². The molecule has 1 aromatic heterocycles. The molecule has 0 saturated heterocycles. The quantitative estimate of drug-likeness (QED) is 0.624. The zero-order valence-corrected chi connectivity index (χ0v) is 12.8. The highest BCUT2D eigenvalue weighted by molar-refractivity contribution is 9.10. The zero-order valence-electron chi connectivity index (χ0n) is 10.5. The number of halogens is 3. The van der Waals surface area contributed by atoms with Crippen LogP contribution in [0.5, 0.6) is 0 Å². The SMILES string of the molecule is Fc1cccc2c1nc(CCCl)n2-c1ccccc1Br. The van der Waals surface area contributed by atoms with Crippen molar-refractivity contribution >= 4 is 38.6 Å². The zero-order chi connectivity index (χ0) is 14.1. The molecule has 0 aliphatic carbocycles. The third-order valence-corrected chi connectivity index (χ3v) is 3.98. The summed E-state index contributed by atoms with van der Waals surface area (Å²) in [6.07, 6.45) is 0.580. The molecule has 2 nitrogen and oxygen atoms in total. The minimum Gasteiger partial charge on any atom is -0.295 e. The Balaban J connectivity index is 2.35. The summed E-state index contributed by atoms with van der Waals surface area (Å²) in [6, 6.07) is 12.8. The van der Waals surface area contributed by atoms with E-state index in [9.17, 15) is 4.39 Å². The first kappa shape index (κ1) is 13.6. The molecule has 0 bridgehead atoms. The second-order valence-corrected chi connectivity index (χ2v) is 5.59. The Kier molecular flexibility index (Phi) is 3.76. The molecule has 3 aromatic rings. The smallest absolute Gasteiger partial charge is 0.151 e. The van der Waals surface area contributed by atoms with Crippen LogP contribution >= 0.6 is 27.5 Å². The second-order valence-electron chi connectivity index (χ2n) is 4.36. The van der Waals surface area contributed by atoms with Crippen LogP contribution in [0.3, 0.4) is 0 Å². The van der Waals surface area contributed by atoms with Crippen LogP contribution in [-0.2, 0) is 6.42 Å². The van der Waals surface area contributed by atoms with Crippen molar-refractivity contribution in [3.8, 4) is 5.69 Å². The second kappa shape index (κ2) is 5.54. The molecule has 0 fully saturated rings. The maximum Gasteiger partial charge on any atom is 0.151 e. The van der Waals surface area contributed by atoms with Crippen molar-refractivity contribution < 1.29 is 4.39 Å². The topological polar surface area (TPSA) is 17.8 Å². The molecule has 20 heavy (non-hydrogen) atoms. The van der Waals surface area contributed by atoms with Crippen LogP contribution in [0.1, 0.15) is 5.82 Å². The van der Waals surface area contributed by atoms with Gasteiger partial charge in [0.1, 0.15) is 11.3 Å². The van der Waals surface area contributed by atoms with Crippen molar-refractivity contribution in [2.45, 2.75) is 6.42 Å². The van der Waals surface area contributed by atoms with Crippen molar-refractivity contribution in [1.29, 1.82) is 0 Å². The van der Waals surface area contributed by atoms with Gasteiger partial charge in [0.05, 0.1) is 11.2 Å². The Bertz CT molecular complexity index is 770. The highest BCUT2D eigenvalue weighted by atomic mass is 79.9. The highest BCUT2D eigenvalue weighted by Crippen LogP contribution is 2.28. The maximum atomic E-state index is 13.9. The van der Waals surface area contributed by atoms with Crippen LogP contribution in [0.4, 0.5) is 4.39 Å². The number of fused-ring (bicyclic) bond motifs is 1. The van der Waals surface area contributed by atoms with Gasteiger partial charge in [-0.2, -0.15) is 0 Å². The van der Waals surface area contributed by atoms with Gasteiger partial charge in [-0.05, 0) is 40.2 Å². The van der Waals surface area contributed by atoms with E-state index in [1.807, 2.05) is 34.9 Å². The summed E-state index contributed by atoms with van der Waals surface area (Å²) >= 11 is 9.38. The summed E-state index contributed by atoms with van der Waals surface area (Å²) in [7, 11) is 0. The molecular formula is C15H11BrClFN2. The standard InChI is InChI=1S/C15H11BrClFN2/c16-10-4-1-2-6-12(10)20-13-7-3-5-11(18)15(13)19-14(20)8-9-17/h1-7H,8-9H2. The average Bonchev–Trinajstić information content (AvgIpc) is 2.80. The third kappa shape index (κ3) is 2.23. The summed E-state index contributed by atoms with van der Waals surface area (Å²) in [4.78, 5) is 4.40. The van der Waals surface area contributed by atoms with E-state index in [1.165, 1.54) is 6.07 Å². The van der Waals surface area contributed by atoms with Crippen LogP contribution < -0.4 is 0 Å². The monoisotopic (exact) mass is 352 g/mol. The summed E-state index contributed by atoms with van der Waals surface area (Å²) in [6.45, 7) is 0. The summed E-state index contributed by atoms with van der Waals surface area (Å²) in [5.41, 5.74) is 2.06. The van der Waals surface area contributed by atoms with Gasteiger partial charge in [0, 0.05) is 16.8 Å². The van der Waals surface area contributed by atoms with Gasteiger partial charge in [-0.25, -0.2) is 9.37 Å². The molecule has 0 amide bonds. The molecule has 0 aliphatic rings. The van der Waals surface area contributed by atoms with E-state index >= 15 is 0 Å². The molecule has 102 valence electrons. The molecule has 0 N–H and O–H groups in total. The van der Waals surface area contributed by atoms with Crippen LogP contribution in [-0.4, -0.2) is 15.4 Å². The number of imidazole rings is 1. The number of para-hydroxylation sites is 2. The fourth-order valence-corrected chi connectivity index (χ4v) is 2.90. The number of rotatable bonds is 3. The first-order chi connectivity index (χ1) is 9.72. The Labute approximate surface area is 129 Å². The molecule has 0 unspecified atom stereocenters. The number of nitrogens with zero attached hydrogens (tertiary/aromatic N) is 2. The Morgan fingerprint density at radius 1 is 1.15 bits per heavy atom. The van der Waals surface area contributed by atoms with Crippen LogP contribution in [0, 0.1) is 5.82 Å². The van der Waals surface area contributed by atoms with E-state index in [0.717, 1.165) is 21.5 Å². The van der Waals surface area contributed by atoms with E-state index in [0.29, 0.717) is 17.8 Å². The van der Waals surface area contributed by atoms with E-state index in [2.05, 4.69) is 20.9 Å². The van der Waals surface area contributed by atoms with Crippen molar-refractivity contribution in [3.05, 3.63) is 58.6 Å². The molecule has 0 aliphatic heterocycles. The lowest BCUT2D eigenvalue weighted by atomic mass is 10.2. The van der Waals surface area contributed by atoms with E-state index in [-0.39, 0.29) is 5.82 Å². The highest BCUT2D eigenvalue weighted by Gasteiger charge is 2.16. The summed E-state index contributed by atoms with van der Waals surface area (Å²) in [5, 5.41) is 0. The molecule has 3 rings (SSSR count). The molecule has 5 heteroatoms. The molecule has 0 saturated carbocycles. The van der Waals surface area contributed by atoms with Gasteiger partial charge in [0.2, 0.25) is 0 Å². The van der Waals surface area contributed by atoms with E-state index < -0.39 is 0 Å². The van der Waals surface area contributed by atoms with Gasteiger partial charge in [0.25, 0.3) is 0 Å². The Hall–Kier alpha value is -1.39. The lowest BCUT2D eigenvalue weighted by Crippen LogP contribution is -2.02. The summed E-state index contributed by atoms with van der Waals surface area (Å²) < 4.78 is 16.8. The van der Waals surface area contributed by atoms with E-state index in [4.69, 9.17) is 11.6 Å². The van der Waals surface area contributed by atoms with Gasteiger partial charge in [0.15, 0.2) is 5.82 Å². The largest absolute Gasteiger partial charge is 0.295 e. The number of hydrogen-bond acceptors (Lipinski definition) is 1. The molecule has 0 atom stereocenters. The van der Waals surface area contributed by atoms with Crippen molar-refractivity contribution in [2.24, 2.45) is 0 Å². The van der Waals surface area contributed by atoms with Crippen LogP contribution in [0.2, 0.25) is 0 Å². The summed E-state index contributed by atoms with van der Waals surface area (Å²) in [5.74, 6) is 0.881.